The maximum absolute atomic E-state index is 6.82. The van der Waals surface area contributed by atoms with Crippen molar-refractivity contribution in [1.29, 1.82) is 0 Å². The first-order valence-corrected chi connectivity index (χ1v) is 17.4. The Hall–Kier alpha value is -6.84. The minimum absolute atomic E-state index is 0.865. The maximum Gasteiger partial charge on any atom is 0.159 e. The van der Waals surface area contributed by atoms with Crippen molar-refractivity contribution in [3.63, 3.8) is 0 Å². The van der Waals surface area contributed by atoms with Crippen LogP contribution in [0, 0.1) is 0 Å². The van der Waals surface area contributed by atoms with Gasteiger partial charge in [0.2, 0.25) is 0 Å². The fraction of sp³-hybridized carbons (Fsp3) is 0. The molecule has 0 bridgehead atoms. The molecular formula is C48H30N2O. The highest BCUT2D eigenvalue weighted by molar-refractivity contribution is 6.26. The largest absolute Gasteiger partial charge is 0.454 e. The molecule has 0 saturated carbocycles. The number of benzene rings is 9. The highest BCUT2D eigenvalue weighted by atomic mass is 16.3. The lowest BCUT2D eigenvalue weighted by Crippen LogP contribution is -2.11. The molecule has 2 heterocycles. The van der Waals surface area contributed by atoms with E-state index in [0.29, 0.717) is 0 Å². The predicted molar refractivity (Wildman–Crippen MR) is 215 cm³/mol. The molecule has 9 aromatic carbocycles. The Morgan fingerprint density at radius 2 is 1.02 bits per heavy atom. The van der Waals surface area contributed by atoms with Gasteiger partial charge < -0.3 is 13.9 Å². The van der Waals surface area contributed by atoms with Crippen LogP contribution in [-0.2, 0) is 0 Å². The second-order valence-corrected chi connectivity index (χ2v) is 13.3. The van der Waals surface area contributed by atoms with Crippen molar-refractivity contribution in [3.8, 4) is 5.69 Å². The van der Waals surface area contributed by atoms with E-state index < -0.39 is 0 Å². The van der Waals surface area contributed by atoms with Crippen LogP contribution in [0.2, 0.25) is 0 Å². The Kier molecular flexibility index (Phi) is 5.96. The molecule has 0 aliphatic carbocycles. The first-order valence-electron chi connectivity index (χ1n) is 17.4. The van der Waals surface area contributed by atoms with Gasteiger partial charge in [-0.05, 0) is 75.5 Å². The minimum Gasteiger partial charge on any atom is -0.454 e. The number of para-hydroxylation sites is 4. The summed E-state index contributed by atoms with van der Waals surface area (Å²) in [6.45, 7) is 0. The van der Waals surface area contributed by atoms with Crippen LogP contribution in [0.5, 0.6) is 0 Å². The lowest BCUT2D eigenvalue weighted by molar-refractivity contribution is 0.669. The second kappa shape index (κ2) is 10.8. The van der Waals surface area contributed by atoms with Crippen LogP contribution < -0.4 is 4.90 Å². The highest BCUT2D eigenvalue weighted by Crippen LogP contribution is 2.50. The molecule has 11 rings (SSSR count). The van der Waals surface area contributed by atoms with Crippen LogP contribution in [0.4, 0.5) is 17.1 Å². The van der Waals surface area contributed by atoms with Gasteiger partial charge in [0.15, 0.2) is 5.58 Å². The molecule has 0 amide bonds. The number of aromatic nitrogens is 1. The molecular weight excluding hydrogens is 621 g/mol. The average molecular weight is 651 g/mol. The Morgan fingerprint density at radius 3 is 1.90 bits per heavy atom. The summed E-state index contributed by atoms with van der Waals surface area (Å²) in [6, 6.07) is 65.5. The Morgan fingerprint density at radius 1 is 0.373 bits per heavy atom. The van der Waals surface area contributed by atoms with Crippen LogP contribution >= 0.6 is 0 Å². The second-order valence-electron chi connectivity index (χ2n) is 13.3. The van der Waals surface area contributed by atoms with Gasteiger partial charge in [-0.25, -0.2) is 0 Å². The normalized spacial score (nSPS) is 11.9. The number of rotatable bonds is 4. The summed E-state index contributed by atoms with van der Waals surface area (Å²) in [6.07, 6.45) is 0. The molecule has 11 aromatic rings. The molecule has 3 heteroatoms. The smallest absolute Gasteiger partial charge is 0.159 e. The topological polar surface area (TPSA) is 21.3 Å². The predicted octanol–water partition coefficient (Wildman–Crippen LogP) is 13.6. The average Bonchev–Trinajstić information content (AvgIpc) is 3.75. The number of fused-ring (bicyclic) bond motifs is 11. The third-order valence-corrected chi connectivity index (χ3v) is 10.5. The third kappa shape index (κ3) is 4.06. The summed E-state index contributed by atoms with van der Waals surface area (Å²) in [4.78, 5) is 2.47. The zero-order chi connectivity index (χ0) is 33.5. The van der Waals surface area contributed by atoms with Gasteiger partial charge in [0.05, 0.1) is 28.1 Å². The van der Waals surface area contributed by atoms with E-state index in [4.69, 9.17) is 4.42 Å². The molecule has 0 radical (unpaired) electrons. The monoisotopic (exact) mass is 650 g/mol. The lowest BCUT2D eigenvalue weighted by Gasteiger charge is -2.29. The van der Waals surface area contributed by atoms with Gasteiger partial charge in [0.1, 0.15) is 5.58 Å². The molecule has 0 N–H and O–H groups in total. The van der Waals surface area contributed by atoms with Gasteiger partial charge in [-0.15, -0.1) is 0 Å². The third-order valence-electron chi connectivity index (χ3n) is 10.5. The van der Waals surface area contributed by atoms with E-state index in [1.807, 2.05) is 6.07 Å². The van der Waals surface area contributed by atoms with Crippen molar-refractivity contribution in [1.82, 2.24) is 4.57 Å². The fourth-order valence-electron chi connectivity index (χ4n) is 8.38. The van der Waals surface area contributed by atoms with Crippen LogP contribution in [0.1, 0.15) is 0 Å². The SMILES string of the molecule is c1ccc(-n2c3ccccc3c3c(N(c4cccc5c4oc4ccccc45)c4cc5ccccc5c5ccc6ccccc6c45)cccc32)cc1. The first-order chi connectivity index (χ1) is 25.3. The summed E-state index contributed by atoms with van der Waals surface area (Å²) >= 11 is 0. The lowest BCUT2D eigenvalue weighted by atomic mass is 9.94. The van der Waals surface area contributed by atoms with Crippen LogP contribution in [-0.4, -0.2) is 4.57 Å². The van der Waals surface area contributed by atoms with Crippen molar-refractivity contribution < 1.29 is 4.42 Å². The molecule has 2 aromatic heterocycles. The molecule has 0 saturated heterocycles. The molecule has 238 valence electrons. The van der Waals surface area contributed by atoms with E-state index in [9.17, 15) is 0 Å². The van der Waals surface area contributed by atoms with Crippen molar-refractivity contribution >= 4 is 93.1 Å². The van der Waals surface area contributed by atoms with E-state index in [1.165, 1.54) is 48.6 Å². The minimum atomic E-state index is 0.865. The quantitative estimate of drug-likeness (QED) is 0.177. The zero-order valence-corrected chi connectivity index (χ0v) is 27.6. The summed E-state index contributed by atoms with van der Waals surface area (Å²) in [5.41, 5.74) is 8.40. The van der Waals surface area contributed by atoms with E-state index in [-0.39, 0.29) is 0 Å². The van der Waals surface area contributed by atoms with Crippen molar-refractivity contribution in [2.75, 3.05) is 4.90 Å². The molecule has 0 aliphatic rings. The standard InChI is InChI=1S/C48H30N2O/c1-2-16-33(17-3-1)49-40-23-10-8-21-39(40)47-41(49)24-13-25-42(47)50(43-26-12-22-38-36-20-9-11-27-45(36)51-48(38)43)44-30-32-15-5-6-18-34(32)37-29-28-31-14-4-7-19-35(31)46(37)44/h1-30H. The Balaban J connectivity index is 1.35. The summed E-state index contributed by atoms with van der Waals surface area (Å²) in [5.74, 6) is 0. The molecule has 0 unspecified atom stereocenters. The number of furan rings is 1. The molecule has 0 aliphatic heterocycles. The van der Waals surface area contributed by atoms with Gasteiger partial charge in [0, 0.05) is 32.6 Å². The van der Waals surface area contributed by atoms with Gasteiger partial charge in [-0.2, -0.15) is 0 Å². The van der Waals surface area contributed by atoms with Crippen molar-refractivity contribution in [2.45, 2.75) is 0 Å². The highest BCUT2D eigenvalue weighted by Gasteiger charge is 2.26. The van der Waals surface area contributed by atoms with Crippen molar-refractivity contribution in [2.24, 2.45) is 0 Å². The van der Waals surface area contributed by atoms with Crippen LogP contribution in [0.3, 0.4) is 0 Å². The first kappa shape index (κ1) is 28.0. The van der Waals surface area contributed by atoms with Gasteiger partial charge in [-0.1, -0.05) is 133 Å². The van der Waals surface area contributed by atoms with Gasteiger partial charge in [0.25, 0.3) is 0 Å². The number of anilines is 3. The van der Waals surface area contributed by atoms with E-state index >= 15 is 0 Å². The molecule has 0 spiro atoms. The van der Waals surface area contributed by atoms with Crippen LogP contribution in [0.15, 0.2) is 186 Å². The fourth-order valence-corrected chi connectivity index (χ4v) is 8.38. The molecule has 0 atom stereocenters. The van der Waals surface area contributed by atoms with E-state index in [0.717, 1.165) is 50.2 Å². The molecule has 0 fully saturated rings. The van der Waals surface area contributed by atoms with Gasteiger partial charge >= 0.3 is 0 Å². The Bertz CT molecular complexity index is 3150. The molecule has 51 heavy (non-hydrogen) atoms. The number of nitrogens with zero attached hydrogens (tertiary/aromatic N) is 2. The molecule has 3 nitrogen and oxygen atoms in total. The van der Waals surface area contributed by atoms with Crippen molar-refractivity contribution in [3.05, 3.63) is 182 Å². The summed E-state index contributed by atoms with van der Waals surface area (Å²) < 4.78 is 9.21. The summed E-state index contributed by atoms with van der Waals surface area (Å²) in [5, 5.41) is 11.9. The van der Waals surface area contributed by atoms with Gasteiger partial charge in [-0.3, -0.25) is 0 Å². The maximum atomic E-state index is 6.82. The van der Waals surface area contributed by atoms with E-state index in [2.05, 4.69) is 185 Å². The zero-order valence-electron chi connectivity index (χ0n) is 27.6. The van der Waals surface area contributed by atoms with E-state index in [1.54, 1.807) is 0 Å². The summed E-state index contributed by atoms with van der Waals surface area (Å²) in [7, 11) is 0. The number of hydrogen-bond donors (Lipinski definition) is 0. The number of hydrogen-bond acceptors (Lipinski definition) is 2. The van der Waals surface area contributed by atoms with Crippen LogP contribution in [0.25, 0.3) is 81.7 Å². The Labute approximate surface area is 293 Å².